The first kappa shape index (κ1) is 15.1. The number of unbranched alkanes of at least 4 members (excludes halogenated alkanes) is 6. The van der Waals surface area contributed by atoms with Gasteiger partial charge in [-0.3, -0.25) is 0 Å². The first-order chi connectivity index (χ1) is 8.74. The Balaban J connectivity index is 2.07. The smallest absolute Gasteiger partial charge is 0.0370 e. The molecule has 1 nitrogen and oxygen atoms in total. The number of hydrogen-bond donors (Lipinski definition) is 1. The summed E-state index contributed by atoms with van der Waals surface area (Å²) in [5.41, 5.74) is 4.00. The molecule has 0 spiro atoms. The molecule has 1 aromatic rings. The molecule has 0 saturated carbocycles. The molecule has 1 aromatic carbocycles. The predicted octanol–water partition coefficient (Wildman–Crippen LogP) is 5.47. The minimum absolute atomic E-state index is 1.11. The van der Waals surface area contributed by atoms with Gasteiger partial charge in [-0.1, -0.05) is 63.1 Å². The van der Waals surface area contributed by atoms with E-state index in [0.29, 0.717) is 0 Å². The van der Waals surface area contributed by atoms with Gasteiger partial charge in [0.1, 0.15) is 0 Å². The van der Waals surface area contributed by atoms with Crippen LogP contribution < -0.4 is 5.32 Å². The van der Waals surface area contributed by atoms with Gasteiger partial charge in [-0.25, -0.2) is 0 Å². The Kier molecular flexibility index (Phi) is 7.55. The highest BCUT2D eigenvalue weighted by Crippen LogP contribution is 2.16. The summed E-state index contributed by atoms with van der Waals surface area (Å²) < 4.78 is 0. The summed E-state index contributed by atoms with van der Waals surface area (Å²) in [7, 11) is 0. The van der Waals surface area contributed by atoms with Crippen LogP contribution in [0.25, 0.3) is 0 Å². The third-order valence-electron chi connectivity index (χ3n) is 3.48. The third-order valence-corrected chi connectivity index (χ3v) is 3.48. The van der Waals surface area contributed by atoms with E-state index in [1.807, 2.05) is 0 Å². The molecule has 1 heteroatoms. The van der Waals surface area contributed by atoms with Crippen molar-refractivity contribution in [3.8, 4) is 0 Å². The Bertz CT molecular complexity index is 330. The fourth-order valence-corrected chi connectivity index (χ4v) is 2.32. The van der Waals surface area contributed by atoms with Gasteiger partial charge < -0.3 is 5.32 Å². The van der Waals surface area contributed by atoms with E-state index in [4.69, 9.17) is 0 Å². The van der Waals surface area contributed by atoms with Crippen molar-refractivity contribution in [3.63, 3.8) is 0 Å². The molecule has 18 heavy (non-hydrogen) atoms. The molecule has 102 valence electrons. The van der Waals surface area contributed by atoms with Crippen molar-refractivity contribution >= 4 is 5.69 Å². The number of rotatable bonds is 9. The van der Waals surface area contributed by atoms with Crippen LogP contribution in [0.3, 0.4) is 0 Å². The lowest BCUT2D eigenvalue weighted by molar-refractivity contribution is 0.596. The monoisotopic (exact) mass is 247 g/mol. The average molecular weight is 247 g/mol. The molecule has 0 unspecified atom stereocenters. The molecule has 0 aliphatic heterocycles. The van der Waals surface area contributed by atoms with Crippen LogP contribution in [-0.2, 0) is 0 Å². The normalized spacial score (nSPS) is 10.6. The molecule has 0 amide bonds. The molecule has 0 saturated heterocycles. The highest BCUT2D eigenvalue weighted by atomic mass is 14.9. The maximum absolute atomic E-state index is 3.54. The fourth-order valence-electron chi connectivity index (χ4n) is 2.32. The van der Waals surface area contributed by atoms with Crippen molar-refractivity contribution in [1.82, 2.24) is 0 Å². The second-order valence-electron chi connectivity index (χ2n) is 5.37. The van der Waals surface area contributed by atoms with Crippen molar-refractivity contribution in [2.75, 3.05) is 11.9 Å². The van der Waals surface area contributed by atoms with Crippen LogP contribution >= 0.6 is 0 Å². The van der Waals surface area contributed by atoms with E-state index in [-0.39, 0.29) is 0 Å². The summed E-state index contributed by atoms with van der Waals surface area (Å²) in [6, 6.07) is 6.62. The second-order valence-corrected chi connectivity index (χ2v) is 5.37. The van der Waals surface area contributed by atoms with E-state index in [2.05, 4.69) is 44.3 Å². The van der Waals surface area contributed by atoms with Crippen LogP contribution in [0, 0.1) is 13.8 Å². The predicted molar refractivity (Wildman–Crippen MR) is 82.4 cm³/mol. The molecule has 0 aromatic heterocycles. The van der Waals surface area contributed by atoms with E-state index >= 15 is 0 Å². The van der Waals surface area contributed by atoms with Gasteiger partial charge >= 0.3 is 0 Å². The zero-order valence-electron chi connectivity index (χ0n) is 12.4. The molecule has 0 atom stereocenters. The standard InChI is InChI=1S/C17H29N/c1-4-5-6-7-8-9-10-13-18-17-12-11-15(2)14-16(17)3/h11-12,14,18H,4-10,13H2,1-3H3. The molecule has 0 heterocycles. The van der Waals surface area contributed by atoms with Crippen LogP contribution in [0.4, 0.5) is 5.69 Å². The molecular weight excluding hydrogens is 218 g/mol. The van der Waals surface area contributed by atoms with Gasteiger partial charge in [-0.05, 0) is 31.9 Å². The first-order valence-corrected chi connectivity index (χ1v) is 7.55. The van der Waals surface area contributed by atoms with Crippen LogP contribution in [0.5, 0.6) is 0 Å². The number of benzene rings is 1. The summed E-state index contributed by atoms with van der Waals surface area (Å²) in [6.07, 6.45) is 9.63. The van der Waals surface area contributed by atoms with Crippen molar-refractivity contribution < 1.29 is 0 Å². The zero-order valence-corrected chi connectivity index (χ0v) is 12.4. The van der Waals surface area contributed by atoms with E-state index in [1.54, 1.807) is 0 Å². The molecule has 0 aliphatic carbocycles. The van der Waals surface area contributed by atoms with Gasteiger partial charge in [0.25, 0.3) is 0 Å². The van der Waals surface area contributed by atoms with Crippen LogP contribution in [-0.4, -0.2) is 6.54 Å². The topological polar surface area (TPSA) is 12.0 Å². The number of hydrogen-bond acceptors (Lipinski definition) is 1. The largest absolute Gasteiger partial charge is 0.385 e. The van der Waals surface area contributed by atoms with E-state index in [0.717, 1.165) is 6.54 Å². The third kappa shape index (κ3) is 6.09. The number of aryl methyl sites for hydroxylation is 2. The average Bonchev–Trinajstić information content (AvgIpc) is 2.35. The van der Waals surface area contributed by atoms with E-state index in [1.165, 1.54) is 61.8 Å². The fraction of sp³-hybridized carbons (Fsp3) is 0.647. The molecule has 0 bridgehead atoms. The molecule has 1 N–H and O–H groups in total. The van der Waals surface area contributed by atoms with Gasteiger partial charge in [-0.15, -0.1) is 0 Å². The quantitative estimate of drug-likeness (QED) is 0.571. The second kappa shape index (κ2) is 9.02. The summed E-state index contributed by atoms with van der Waals surface area (Å²) in [5, 5.41) is 3.54. The minimum atomic E-state index is 1.11. The molecule has 1 rings (SSSR count). The highest BCUT2D eigenvalue weighted by molar-refractivity contribution is 5.51. The summed E-state index contributed by atoms with van der Waals surface area (Å²) in [6.45, 7) is 7.71. The Morgan fingerprint density at radius 1 is 0.889 bits per heavy atom. The maximum atomic E-state index is 3.54. The van der Waals surface area contributed by atoms with Crippen molar-refractivity contribution in [1.29, 1.82) is 0 Å². The Morgan fingerprint density at radius 3 is 2.22 bits per heavy atom. The lowest BCUT2D eigenvalue weighted by Crippen LogP contribution is -2.03. The van der Waals surface area contributed by atoms with E-state index < -0.39 is 0 Å². The van der Waals surface area contributed by atoms with Gasteiger partial charge in [0, 0.05) is 12.2 Å². The Hall–Kier alpha value is -0.980. The lowest BCUT2D eigenvalue weighted by Gasteiger charge is -2.10. The Labute approximate surface area is 113 Å². The number of anilines is 1. The van der Waals surface area contributed by atoms with Gasteiger partial charge in [0.05, 0.1) is 0 Å². The van der Waals surface area contributed by atoms with Gasteiger partial charge in [0.2, 0.25) is 0 Å². The lowest BCUT2D eigenvalue weighted by atomic mass is 10.1. The van der Waals surface area contributed by atoms with E-state index in [9.17, 15) is 0 Å². The molecular formula is C17H29N. The van der Waals surface area contributed by atoms with Crippen molar-refractivity contribution in [3.05, 3.63) is 29.3 Å². The SMILES string of the molecule is CCCCCCCCCNc1ccc(C)cc1C. The van der Waals surface area contributed by atoms with Gasteiger partial charge in [0.15, 0.2) is 0 Å². The maximum Gasteiger partial charge on any atom is 0.0370 e. The van der Waals surface area contributed by atoms with Crippen LogP contribution in [0.2, 0.25) is 0 Å². The van der Waals surface area contributed by atoms with Crippen molar-refractivity contribution in [2.24, 2.45) is 0 Å². The summed E-state index contributed by atoms with van der Waals surface area (Å²) >= 11 is 0. The van der Waals surface area contributed by atoms with Crippen LogP contribution in [0.1, 0.15) is 63.0 Å². The summed E-state index contributed by atoms with van der Waals surface area (Å²) in [4.78, 5) is 0. The first-order valence-electron chi connectivity index (χ1n) is 7.55. The highest BCUT2D eigenvalue weighted by Gasteiger charge is 1.97. The molecule has 0 aliphatic rings. The van der Waals surface area contributed by atoms with Gasteiger partial charge in [-0.2, -0.15) is 0 Å². The van der Waals surface area contributed by atoms with Crippen LogP contribution in [0.15, 0.2) is 18.2 Å². The molecule has 0 radical (unpaired) electrons. The minimum Gasteiger partial charge on any atom is -0.385 e. The molecule has 0 fully saturated rings. The Morgan fingerprint density at radius 2 is 1.56 bits per heavy atom. The number of nitrogens with one attached hydrogen (secondary N) is 1. The summed E-state index contributed by atoms with van der Waals surface area (Å²) in [5.74, 6) is 0. The van der Waals surface area contributed by atoms with Crippen molar-refractivity contribution in [2.45, 2.75) is 65.7 Å². The zero-order chi connectivity index (χ0) is 13.2.